The van der Waals surface area contributed by atoms with Crippen LogP contribution in [0.3, 0.4) is 0 Å². The van der Waals surface area contributed by atoms with Crippen LogP contribution in [0.4, 0.5) is 0 Å². The summed E-state index contributed by atoms with van der Waals surface area (Å²) in [6.45, 7) is 10.2. The molecule has 0 aliphatic carbocycles. The van der Waals surface area contributed by atoms with Crippen LogP contribution in [0.5, 0.6) is 0 Å². The molecule has 0 heterocycles. The highest BCUT2D eigenvalue weighted by atomic mass is 16.5. The van der Waals surface area contributed by atoms with Crippen LogP contribution in [0.2, 0.25) is 0 Å². The first-order chi connectivity index (χ1) is 6.52. The van der Waals surface area contributed by atoms with Gasteiger partial charge in [0.2, 0.25) is 0 Å². The first-order valence-corrected chi connectivity index (χ1v) is 5.73. The molecule has 2 nitrogen and oxygen atoms in total. The third-order valence-electron chi connectivity index (χ3n) is 2.87. The fourth-order valence-corrected chi connectivity index (χ4v) is 1.30. The average Bonchev–Trinajstić information content (AvgIpc) is 2.16. The number of esters is 1. The highest BCUT2D eigenvalue weighted by Crippen LogP contribution is 2.14. The Bertz CT molecular complexity index is 166. The molecular formula is C12H24O2. The van der Waals surface area contributed by atoms with Crippen molar-refractivity contribution in [2.75, 3.05) is 0 Å². The maximum atomic E-state index is 11.5. The van der Waals surface area contributed by atoms with Crippen LogP contribution in [0, 0.1) is 11.8 Å². The zero-order valence-electron chi connectivity index (χ0n) is 10.2. The fraction of sp³-hybridized carbons (Fsp3) is 0.917. The molecule has 84 valence electrons. The summed E-state index contributed by atoms with van der Waals surface area (Å²) in [5.41, 5.74) is 0. The summed E-state index contributed by atoms with van der Waals surface area (Å²) in [5, 5.41) is 0. The zero-order chi connectivity index (χ0) is 11.1. The van der Waals surface area contributed by atoms with Crippen molar-refractivity contribution in [1.82, 2.24) is 0 Å². The maximum absolute atomic E-state index is 11.5. The number of carbonyl (C=O) groups excluding carboxylic acids is 1. The van der Waals surface area contributed by atoms with Crippen molar-refractivity contribution in [3.63, 3.8) is 0 Å². The van der Waals surface area contributed by atoms with Crippen molar-refractivity contribution in [3.8, 4) is 0 Å². The van der Waals surface area contributed by atoms with Gasteiger partial charge in [-0.05, 0) is 19.3 Å². The second-order valence-corrected chi connectivity index (χ2v) is 4.22. The van der Waals surface area contributed by atoms with Crippen LogP contribution in [0.1, 0.15) is 53.9 Å². The van der Waals surface area contributed by atoms with E-state index in [1.54, 1.807) is 0 Å². The normalized spacial score (nSPS) is 17.2. The molecule has 0 aliphatic rings. The molecule has 3 unspecified atom stereocenters. The summed E-state index contributed by atoms with van der Waals surface area (Å²) in [4.78, 5) is 11.5. The summed E-state index contributed by atoms with van der Waals surface area (Å²) < 4.78 is 5.38. The summed E-state index contributed by atoms with van der Waals surface area (Å²) >= 11 is 0. The maximum Gasteiger partial charge on any atom is 0.308 e. The minimum atomic E-state index is -0.0420. The van der Waals surface area contributed by atoms with E-state index in [4.69, 9.17) is 4.74 Å². The van der Waals surface area contributed by atoms with E-state index in [1.807, 2.05) is 13.8 Å². The van der Waals surface area contributed by atoms with E-state index < -0.39 is 0 Å². The van der Waals surface area contributed by atoms with Gasteiger partial charge in [0.05, 0.1) is 5.92 Å². The highest BCUT2D eigenvalue weighted by molar-refractivity contribution is 5.72. The Labute approximate surface area is 88.0 Å². The van der Waals surface area contributed by atoms with Crippen molar-refractivity contribution in [2.45, 2.75) is 60.0 Å². The standard InChI is InChI=1S/C12H24O2/c1-6-8-10(4)12(13)14-11(5)9(3)7-2/h9-11H,6-8H2,1-5H3. The topological polar surface area (TPSA) is 26.3 Å². The van der Waals surface area contributed by atoms with E-state index in [1.165, 1.54) is 0 Å². The van der Waals surface area contributed by atoms with Gasteiger partial charge >= 0.3 is 5.97 Å². The Morgan fingerprint density at radius 2 is 1.79 bits per heavy atom. The summed E-state index contributed by atoms with van der Waals surface area (Å²) in [6, 6.07) is 0. The molecule has 0 aromatic carbocycles. The second-order valence-electron chi connectivity index (χ2n) is 4.22. The molecule has 0 N–H and O–H groups in total. The van der Waals surface area contributed by atoms with Gasteiger partial charge in [-0.3, -0.25) is 4.79 Å². The van der Waals surface area contributed by atoms with Crippen molar-refractivity contribution in [1.29, 1.82) is 0 Å². The largest absolute Gasteiger partial charge is 0.462 e. The van der Waals surface area contributed by atoms with E-state index in [2.05, 4.69) is 20.8 Å². The molecule has 2 heteroatoms. The number of carbonyl (C=O) groups is 1. The van der Waals surface area contributed by atoms with E-state index in [9.17, 15) is 4.79 Å². The predicted molar refractivity (Wildman–Crippen MR) is 59.1 cm³/mol. The summed E-state index contributed by atoms with van der Waals surface area (Å²) in [7, 11) is 0. The van der Waals surface area contributed by atoms with Gasteiger partial charge < -0.3 is 4.74 Å². The van der Waals surface area contributed by atoms with Gasteiger partial charge in [-0.2, -0.15) is 0 Å². The fourth-order valence-electron chi connectivity index (χ4n) is 1.30. The first-order valence-electron chi connectivity index (χ1n) is 5.73. The molecule has 0 spiro atoms. The van der Waals surface area contributed by atoms with Crippen LogP contribution in [-0.2, 0) is 9.53 Å². The lowest BCUT2D eigenvalue weighted by Crippen LogP contribution is -2.25. The number of hydrogen-bond acceptors (Lipinski definition) is 2. The quantitative estimate of drug-likeness (QED) is 0.614. The molecule has 0 aromatic heterocycles. The highest BCUT2D eigenvalue weighted by Gasteiger charge is 2.19. The van der Waals surface area contributed by atoms with Crippen molar-refractivity contribution in [2.24, 2.45) is 11.8 Å². The van der Waals surface area contributed by atoms with Gasteiger partial charge in [0.15, 0.2) is 0 Å². The van der Waals surface area contributed by atoms with Gasteiger partial charge in [-0.1, -0.05) is 40.5 Å². The van der Waals surface area contributed by atoms with Crippen LogP contribution < -0.4 is 0 Å². The smallest absolute Gasteiger partial charge is 0.308 e. The molecule has 0 radical (unpaired) electrons. The first kappa shape index (κ1) is 13.5. The van der Waals surface area contributed by atoms with Crippen molar-refractivity contribution in [3.05, 3.63) is 0 Å². The van der Waals surface area contributed by atoms with E-state index in [0.717, 1.165) is 19.3 Å². The Hall–Kier alpha value is -0.530. The molecular weight excluding hydrogens is 176 g/mol. The van der Waals surface area contributed by atoms with E-state index in [0.29, 0.717) is 5.92 Å². The lowest BCUT2D eigenvalue weighted by Gasteiger charge is -2.21. The molecule has 0 saturated heterocycles. The number of rotatable bonds is 6. The van der Waals surface area contributed by atoms with E-state index >= 15 is 0 Å². The molecule has 0 aliphatic heterocycles. The zero-order valence-corrected chi connectivity index (χ0v) is 10.2. The lowest BCUT2D eigenvalue weighted by atomic mass is 10.0. The molecule has 0 aromatic rings. The Morgan fingerprint density at radius 1 is 1.21 bits per heavy atom. The third kappa shape index (κ3) is 4.64. The molecule has 0 rings (SSSR count). The number of ether oxygens (including phenoxy) is 1. The van der Waals surface area contributed by atoms with Gasteiger partial charge in [0.1, 0.15) is 6.10 Å². The van der Waals surface area contributed by atoms with E-state index in [-0.39, 0.29) is 18.0 Å². The second kappa shape index (κ2) is 6.86. The van der Waals surface area contributed by atoms with Gasteiger partial charge in [-0.25, -0.2) is 0 Å². The van der Waals surface area contributed by atoms with Gasteiger partial charge in [-0.15, -0.1) is 0 Å². The molecule has 3 atom stereocenters. The van der Waals surface area contributed by atoms with Crippen molar-refractivity contribution >= 4 is 5.97 Å². The number of hydrogen-bond donors (Lipinski definition) is 0. The lowest BCUT2D eigenvalue weighted by molar-refractivity contribution is -0.155. The van der Waals surface area contributed by atoms with Crippen LogP contribution in [-0.4, -0.2) is 12.1 Å². The average molecular weight is 200 g/mol. The van der Waals surface area contributed by atoms with Crippen LogP contribution in [0.25, 0.3) is 0 Å². The summed E-state index contributed by atoms with van der Waals surface area (Å²) in [6.07, 6.45) is 3.06. The SMILES string of the molecule is CCCC(C)C(=O)OC(C)C(C)CC. The predicted octanol–water partition coefficient (Wildman–Crippen LogP) is 3.40. The third-order valence-corrected chi connectivity index (χ3v) is 2.87. The minimum Gasteiger partial charge on any atom is -0.462 e. The molecule has 0 fully saturated rings. The van der Waals surface area contributed by atoms with Gasteiger partial charge in [0.25, 0.3) is 0 Å². The molecule has 0 saturated carbocycles. The molecule has 14 heavy (non-hydrogen) atoms. The Balaban J connectivity index is 3.92. The monoisotopic (exact) mass is 200 g/mol. The minimum absolute atomic E-state index is 0.0420. The van der Waals surface area contributed by atoms with Crippen LogP contribution in [0.15, 0.2) is 0 Å². The summed E-state index contributed by atoms with van der Waals surface area (Å²) in [5.74, 6) is 0.457. The van der Waals surface area contributed by atoms with Gasteiger partial charge in [0, 0.05) is 0 Å². The molecule has 0 bridgehead atoms. The Kier molecular flexibility index (Phi) is 6.60. The van der Waals surface area contributed by atoms with Crippen molar-refractivity contribution < 1.29 is 9.53 Å². The molecule has 0 amide bonds. The van der Waals surface area contributed by atoms with Crippen LogP contribution >= 0.6 is 0 Å². The Morgan fingerprint density at radius 3 is 2.21 bits per heavy atom.